The standard InChI is InChI=1S/C21H24BF3N5O2S/c23-21(24,25)7-15-6-16-18(26-12-27-19(16)33-15)29-8-13-3-5-28(9-14(13)10-29)20(32)17-2-1-4-30(17)22-11-31/h6,11-14,17H,1-5,7-10H2/t13-,14+,17-/m0/s1. The molecule has 3 aliphatic heterocycles. The van der Waals surface area contributed by atoms with Crippen molar-refractivity contribution in [3.63, 3.8) is 0 Å². The molecule has 175 valence electrons. The summed E-state index contributed by atoms with van der Waals surface area (Å²) in [4.78, 5) is 39.4. The number of thiophene rings is 1. The van der Waals surface area contributed by atoms with Crippen LogP contribution in [0.1, 0.15) is 24.1 Å². The lowest BCUT2D eigenvalue weighted by Gasteiger charge is -2.37. The van der Waals surface area contributed by atoms with E-state index in [2.05, 4.69) is 14.9 Å². The van der Waals surface area contributed by atoms with E-state index in [4.69, 9.17) is 0 Å². The van der Waals surface area contributed by atoms with E-state index in [1.165, 1.54) is 13.7 Å². The van der Waals surface area contributed by atoms with Gasteiger partial charge in [0.2, 0.25) is 5.91 Å². The van der Waals surface area contributed by atoms with E-state index in [0.29, 0.717) is 41.6 Å². The highest BCUT2D eigenvalue weighted by Gasteiger charge is 2.42. The SMILES string of the molecule is O=C[B]N1CCC[C@H]1C(=O)N1CC[C@H]2CN(c3ncnc4sc(CC(F)(F)F)cc34)C[C@H]2C1. The maximum atomic E-state index is 13.1. The number of carbonyl (C=O) groups excluding carboxylic acids is 2. The Morgan fingerprint density at radius 2 is 2.00 bits per heavy atom. The summed E-state index contributed by atoms with van der Waals surface area (Å²) in [7, 11) is 1.47. The van der Waals surface area contributed by atoms with Gasteiger partial charge < -0.3 is 19.4 Å². The Labute approximate surface area is 194 Å². The summed E-state index contributed by atoms with van der Waals surface area (Å²) in [6.07, 6.45) is -0.525. The second kappa shape index (κ2) is 8.86. The third kappa shape index (κ3) is 4.59. The lowest BCUT2D eigenvalue weighted by Crippen LogP contribution is -2.51. The molecule has 33 heavy (non-hydrogen) atoms. The minimum Gasteiger partial charge on any atom is -0.355 e. The minimum atomic E-state index is -4.26. The molecule has 0 unspecified atom stereocenters. The Balaban J connectivity index is 1.29. The normalized spacial score (nSPS) is 26.1. The largest absolute Gasteiger partial charge is 0.393 e. The van der Waals surface area contributed by atoms with Crippen molar-refractivity contribution < 1.29 is 22.8 Å². The first-order chi connectivity index (χ1) is 15.8. The summed E-state index contributed by atoms with van der Waals surface area (Å²) < 4.78 is 38.6. The van der Waals surface area contributed by atoms with Crippen molar-refractivity contribution in [3.8, 4) is 0 Å². The molecule has 3 atom stereocenters. The third-order valence-corrected chi connectivity index (χ3v) is 8.02. The van der Waals surface area contributed by atoms with Crippen molar-refractivity contribution in [3.05, 3.63) is 17.3 Å². The molecule has 2 aromatic heterocycles. The van der Waals surface area contributed by atoms with Gasteiger partial charge in [-0.05, 0) is 43.7 Å². The van der Waals surface area contributed by atoms with Crippen molar-refractivity contribution in [1.29, 1.82) is 0 Å². The van der Waals surface area contributed by atoms with Gasteiger partial charge in [0, 0.05) is 31.1 Å². The highest BCUT2D eigenvalue weighted by Crippen LogP contribution is 2.38. The molecule has 2 aromatic rings. The van der Waals surface area contributed by atoms with Gasteiger partial charge in [0.25, 0.3) is 7.41 Å². The quantitative estimate of drug-likeness (QED) is 0.486. The molecule has 0 spiro atoms. The van der Waals surface area contributed by atoms with Crippen molar-refractivity contribution in [2.45, 2.75) is 37.9 Å². The van der Waals surface area contributed by atoms with Crippen LogP contribution in [0.2, 0.25) is 0 Å². The molecule has 1 radical (unpaired) electrons. The van der Waals surface area contributed by atoms with Crippen LogP contribution in [-0.2, 0) is 16.0 Å². The number of fused-ring (bicyclic) bond motifs is 2. The first kappa shape index (κ1) is 22.6. The van der Waals surface area contributed by atoms with Crippen LogP contribution in [0.3, 0.4) is 0 Å². The van der Waals surface area contributed by atoms with Gasteiger partial charge in [-0.1, -0.05) is 0 Å². The number of hydrogen-bond donors (Lipinski definition) is 0. The minimum absolute atomic E-state index is 0.0848. The van der Waals surface area contributed by atoms with Gasteiger partial charge in [0.05, 0.1) is 24.0 Å². The van der Waals surface area contributed by atoms with Crippen LogP contribution in [0.15, 0.2) is 12.4 Å². The van der Waals surface area contributed by atoms with Gasteiger partial charge in [0.15, 0.2) is 0 Å². The highest BCUT2D eigenvalue weighted by molar-refractivity contribution is 7.18. The molecule has 3 fully saturated rings. The lowest BCUT2D eigenvalue weighted by molar-refractivity contribution is -0.136. The number of likely N-dealkylation sites (tertiary alicyclic amines) is 1. The molecular weight excluding hydrogens is 454 g/mol. The molecule has 3 aliphatic rings. The van der Waals surface area contributed by atoms with Crippen LogP contribution >= 0.6 is 11.3 Å². The van der Waals surface area contributed by atoms with E-state index >= 15 is 0 Å². The molecule has 0 aliphatic carbocycles. The van der Waals surface area contributed by atoms with Gasteiger partial charge >= 0.3 is 6.18 Å². The average molecular weight is 478 g/mol. The van der Waals surface area contributed by atoms with E-state index in [1.54, 1.807) is 6.07 Å². The smallest absolute Gasteiger partial charge is 0.355 e. The zero-order valence-corrected chi connectivity index (χ0v) is 18.8. The Hall–Kier alpha value is -2.21. The number of anilines is 1. The second-order valence-electron chi connectivity index (χ2n) is 9.10. The van der Waals surface area contributed by atoms with Gasteiger partial charge in [-0.2, -0.15) is 13.2 Å². The van der Waals surface area contributed by atoms with Crippen LogP contribution < -0.4 is 4.90 Å². The maximum absolute atomic E-state index is 13.1. The Kier molecular flexibility index (Phi) is 6.06. The Morgan fingerprint density at radius 3 is 2.79 bits per heavy atom. The molecule has 5 rings (SSSR count). The number of amides is 1. The Bertz CT molecular complexity index is 1050. The summed E-state index contributed by atoms with van der Waals surface area (Å²) in [5, 5.41) is 0.666. The lowest BCUT2D eigenvalue weighted by atomic mass is 9.88. The summed E-state index contributed by atoms with van der Waals surface area (Å²) in [6, 6.07) is 1.31. The zero-order chi connectivity index (χ0) is 23.2. The Morgan fingerprint density at radius 1 is 1.18 bits per heavy atom. The van der Waals surface area contributed by atoms with Crippen LogP contribution in [0.5, 0.6) is 0 Å². The number of alkyl halides is 3. The fourth-order valence-electron chi connectivity index (χ4n) is 5.49. The number of aromatic nitrogens is 2. The summed E-state index contributed by atoms with van der Waals surface area (Å²) in [5.74, 6) is 1.46. The van der Waals surface area contributed by atoms with Gasteiger partial charge in [-0.15, -0.1) is 11.3 Å². The van der Waals surface area contributed by atoms with Gasteiger partial charge in [-0.3, -0.25) is 4.79 Å². The van der Waals surface area contributed by atoms with E-state index in [-0.39, 0.29) is 22.7 Å². The van der Waals surface area contributed by atoms with E-state index in [9.17, 15) is 22.8 Å². The fourth-order valence-corrected chi connectivity index (χ4v) is 6.51. The second-order valence-corrected chi connectivity index (χ2v) is 10.2. The number of carbonyl (C=O) groups is 2. The molecule has 0 N–H and O–H groups in total. The van der Waals surface area contributed by atoms with Crippen molar-refractivity contribution in [1.82, 2.24) is 19.7 Å². The number of rotatable bonds is 5. The number of piperidine rings is 1. The number of halogens is 3. The van der Waals surface area contributed by atoms with Crippen molar-refractivity contribution in [2.24, 2.45) is 11.8 Å². The van der Waals surface area contributed by atoms with Crippen molar-refractivity contribution >= 4 is 46.9 Å². The van der Waals surface area contributed by atoms with Crippen LogP contribution in [-0.4, -0.2) is 84.1 Å². The van der Waals surface area contributed by atoms with E-state index < -0.39 is 12.6 Å². The van der Waals surface area contributed by atoms with Gasteiger partial charge in [0.1, 0.15) is 17.0 Å². The summed E-state index contributed by atoms with van der Waals surface area (Å²) >= 11 is 1.06. The molecule has 12 heteroatoms. The number of nitrogens with zero attached hydrogens (tertiary/aromatic N) is 5. The van der Waals surface area contributed by atoms with Crippen molar-refractivity contribution in [2.75, 3.05) is 37.6 Å². The fraction of sp³-hybridized carbons (Fsp3) is 0.619. The highest BCUT2D eigenvalue weighted by atomic mass is 32.1. The molecule has 1 amide bonds. The predicted molar refractivity (Wildman–Crippen MR) is 120 cm³/mol. The molecule has 3 saturated heterocycles. The monoisotopic (exact) mass is 478 g/mol. The van der Waals surface area contributed by atoms with Crippen LogP contribution in [0.25, 0.3) is 10.2 Å². The van der Waals surface area contributed by atoms with Crippen LogP contribution in [0.4, 0.5) is 19.0 Å². The molecule has 0 aromatic carbocycles. The molecule has 0 bridgehead atoms. The predicted octanol–water partition coefficient (Wildman–Crippen LogP) is 2.35. The molecule has 7 nitrogen and oxygen atoms in total. The van der Waals surface area contributed by atoms with Gasteiger partial charge in [-0.25, -0.2) is 9.97 Å². The van der Waals surface area contributed by atoms with E-state index in [0.717, 1.165) is 49.9 Å². The van der Waals surface area contributed by atoms with E-state index in [1.807, 2.05) is 9.71 Å². The zero-order valence-electron chi connectivity index (χ0n) is 18.0. The summed E-state index contributed by atoms with van der Waals surface area (Å²) in [5.41, 5.74) is 0. The molecular formula is C21H24BF3N5O2S. The molecule has 5 heterocycles. The molecule has 0 saturated carbocycles. The summed E-state index contributed by atoms with van der Waals surface area (Å²) in [6.45, 7) is 3.55. The first-order valence-electron chi connectivity index (χ1n) is 11.2. The average Bonchev–Trinajstić information content (AvgIpc) is 3.48. The topological polar surface area (TPSA) is 69.6 Å². The van der Waals surface area contributed by atoms with Crippen LogP contribution in [0, 0.1) is 11.8 Å². The number of hydrogen-bond acceptors (Lipinski definition) is 7. The third-order valence-electron chi connectivity index (χ3n) is 6.98. The maximum Gasteiger partial charge on any atom is 0.393 e. The first-order valence-corrected chi connectivity index (χ1v) is 12.0.